The molecule has 0 radical (unpaired) electrons. The van der Waals surface area contributed by atoms with Crippen LogP contribution in [0.2, 0.25) is 0 Å². The van der Waals surface area contributed by atoms with Crippen LogP contribution in [-0.2, 0) is 29.1 Å². The van der Waals surface area contributed by atoms with Crippen LogP contribution in [0.3, 0.4) is 0 Å². The Morgan fingerprint density at radius 2 is 2.11 bits per heavy atom. The number of esters is 1. The van der Waals surface area contributed by atoms with Gasteiger partial charge < -0.3 is 14.4 Å². The predicted molar refractivity (Wildman–Crippen MR) is 99.4 cm³/mol. The van der Waals surface area contributed by atoms with E-state index in [1.807, 2.05) is 13.0 Å². The number of ether oxygens (including phenoxy) is 1. The standard InChI is InChI=1S/C21H17FN2O4/c1-3-11-9(2)15(22)6-16-12(11)4-10-7-24-17(18(10)23-16)5-13-14(20(24)26)8-28-21(27)19(13)25/h4-6,19,25H,3,7-8H2,1-2H3. The number of rotatable bonds is 1. The number of aliphatic hydroxyl groups is 1. The lowest BCUT2D eigenvalue weighted by Gasteiger charge is -2.21. The molecule has 28 heavy (non-hydrogen) atoms. The molecule has 1 aromatic carbocycles. The van der Waals surface area contributed by atoms with Gasteiger partial charge in [0.15, 0.2) is 6.10 Å². The summed E-state index contributed by atoms with van der Waals surface area (Å²) in [5, 5.41) is 11.0. The van der Waals surface area contributed by atoms with E-state index in [9.17, 15) is 19.1 Å². The Labute approximate surface area is 159 Å². The van der Waals surface area contributed by atoms with Gasteiger partial charge in [-0.3, -0.25) is 4.79 Å². The summed E-state index contributed by atoms with van der Waals surface area (Å²) in [5.41, 5.74) is 4.22. The van der Waals surface area contributed by atoms with Gasteiger partial charge in [-0.2, -0.15) is 0 Å². The number of cyclic esters (lactones) is 1. The average molecular weight is 380 g/mol. The molecule has 4 heterocycles. The van der Waals surface area contributed by atoms with Crippen molar-refractivity contribution in [2.24, 2.45) is 0 Å². The number of carbonyl (C=O) groups excluding carboxylic acids is 1. The zero-order chi connectivity index (χ0) is 19.7. The fourth-order valence-corrected chi connectivity index (χ4v) is 4.26. The number of aromatic nitrogens is 2. The van der Waals surface area contributed by atoms with Crippen molar-refractivity contribution < 1.29 is 19.0 Å². The molecule has 2 aliphatic rings. The quantitative estimate of drug-likeness (QED) is 0.513. The molecule has 7 heteroatoms. The third-order valence-electron chi connectivity index (χ3n) is 5.77. The predicted octanol–water partition coefficient (Wildman–Crippen LogP) is 2.53. The molecule has 0 bridgehead atoms. The maximum absolute atomic E-state index is 14.3. The number of carbonyl (C=O) groups is 1. The molecule has 0 amide bonds. The molecular weight excluding hydrogens is 363 g/mol. The molecule has 6 nitrogen and oxygen atoms in total. The van der Waals surface area contributed by atoms with Crippen LogP contribution in [0.5, 0.6) is 0 Å². The van der Waals surface area contributed by atoms with E-state index >= 15 is 0 Å². The molecule has 1 unspecified atom stereocenters. The molecule has 142 valence electrons. The van der Waals surface area contributed by atoms with E-state index in [0.717, 1.165) is 16.5 Å². The molecule has 0 saturated carbocycles. The minimum atomic E-state index is -1.49. The molecule has 0 fully saturated rings. The van der Waals surface area contributed by atoms with Gasteiger partial charge in [0.25, 0.3) is 5.56 Å². The zero-order valence-electron chi connectivity index (χ0n) is 15.4. The van der Waals surface area contributed by atoms with Crippen LogP contribution >= 0.6 is 0 Å². The summed E-state index contributed by atoms with van der Waals surface area (Å²) >= 11 is 0. The number of fused-ring (bicyclic) bond motifs is 5. The maximum Gasteiger partial charge on any atom is 0.340 e. The van der Waals surface area contributed by atoms with Gasteiger partial charge in [0.05, 0.1) is 29.0 Å². The third kappa shape index (κ3) is 2.13. The van der Waals surface area contributed by atoms with Gasteiger partial charge in [-0.05, 0) is 36.6 Å². The molecule has 0 aliphatic carbocycles. The van der Waals surface area contributed by atoms with E-state index in [0.29, 0.717) is 35.4 Å². The molecule has 2 aliphatic heterocycles. The highest BCUT2D eigenvalue weighted by Gasteiger charge is 2.33. The van der Waals surface area contributed by atoms with Gasteiger partial charge in [0.2, 0.25) is 0 Å². The highest BCUT2D eigenvalue weighted by molar-refractivity contribution is 5.88. The smallest absolute Gasteiger partial charge is 0.340 e. The van der Waals surface area contributed by atoms with E-state index in [1.165, 1.54) is 6.07 Å². The van der Waals surface area contributed by atoms with Crippen molar-refractivity contribution in [3.8, 4) is 11.4 Å². The first-order chi connectivity index (χ1) is 13.4. The first kappa shape index (κ1) is 17.1. The first-order valence-corrected chi connectivity index (χ1v) is 9.14. The fourth-order valence-electron chi connectivity index (χ4n) is 4.26. The van der Waals surface area contributed by atoms with Crippen LogP contribution in [0.1, 0.15) is 40.8 Å². The number of hydrogen-bond donors (Lipinski definition) is 1. The van der Waals surface area contributed by atoms with Crippen molar-refractivity contribution in [3.63, 3.8) is 0 Å². The van der Waals surface area contributed by atoms with Crippen LogP contribution < -0.4 is 5.56 Å². The SMILES string of the molecule is CCc1c(C)c(F)cc2nc3c(cc12)Cn1c-3cc2c(c1=O)COC(=O)C2O. The van der Waals surface area contributed by atoms with Crippen molar-refractivity contribution in [3.05, 3.63) is 62.2 Å². The number of aryl methyl sites for hydroxylation is 1. The Kier molecular flexibility index (Phi) is 3.49. The monoisotopic (exact) mass is 380 g/mol. The van der Waals surface area contributed by atoms with Gasteiger partial charge in [-0.25, -0.2) is 14.2 Å². The summed E-state index contributed by atoms with van der Waals surface area (Å²) in [6, 6.07) is 5.00. The number of hydrogen-bond acceptors (Lipinski definition) is 5. The minimum Gasteiger partial charge on any atom is -0.458 e. The molecule has 0 saturated heterocycles. The molecular formula is C21H17FN2O4. The van der Waals surface area contributed by atoms with Gasteiger partial charge >= 0.3 is 5.97 Å². The number of benzene rings is 1. The molecule has 2 aromatic heterocycles. The Hall–Kier alpha value is -3.06. The van der Waals surface area contributed by atoms with Crippen molar-refractivity contribution in [2.75, 3.05) is 0 Å². The highest BCUT2D eigenvalue weighted by atomic mass is 19.1. The van der Waals surface area contributed by atoms with Crippen molar-refractivity contribution >= 4 is 16.9 Å². The van der Waals surface area contributed by atoms with Crippen molar-refractivity contribution in [2.45, 2.75) is 39.5 Å². The number of pyridine rings is 2. The van der Waals surface area contributed by atoms with E-state index in [2.05, 4.69) is 4.98 Å². The van der Waals surface area contributed by atoms with E-state index in [4.69, 9.17) is 4.74 Å². The lowest BCUT2D eigenvalue weighted by molar-refractivity contribution is -0.157. The Balaban J connectivity index is 1.79. The first-order valence-electron chi connectivity index (χ1n) is 9.14. The molecule has 5 rings (SSSR count). The number of halogens is 1. The maximum atomic E-state index is 14.3. The Morgan fingerprint density at radius 3 is 2.86 bits per heavy atom. The molecule has 1 atom stereocenters. The van der Waals surface area contributed by atoms with Crippen LogP contribution in [-0.4, -0.2) is 20.6 Å². The van der Waals surface area contributed by atoms with Crippen LogP contribution in [0.25, 0.3) is 22.3 Å². The molecule has 0 spiro atoms. The normalized spacial score (nSPS) is 17.3. The second kappa shape index (κ2) is 5.72. The van der Waals surface area contributed by atoms with Crippen molar-refractivity contribution in [1.82, 2.24) is 9.55 Å². The second-order valence-electron chi connectivity index (χ2n) is 7.24. The fraction of sp³-hybridized carbons (Fsp3) is 0.286. The molecule has 3 aromatic rings. The number of aliphatic hydroxyl groups excluding tert-OH is 1. The van der Waals surface area contributed by atoms with Crippen LogP contribution in [0, 0.1) is 12.7 Å². The van der Waals surface area contributed by atoms with Gasteiger partial charge in [-0.1, -0.05) is 6.92 Å². The zero-order valence-corrected chi connectivity index (χ0v) is 15.4. The minimum absolute atomic E-state index is 0.152. The summed E-state index contributed by atoms with van der Waals surface area (Å²) in [4.78, 5) is 29.3. The van der Waals surface area contributed by atoms with E-state index < -0.39 is 12.1 Å². The van der Waals surface area contributed by atoms with Crippen molar-refractivity contribution in [1.29, 1.82) is 0 Å². The lowest BCUT2D eigenvalue weighted by Crippen LogP contribution is -2.32. The second-order valence-corrected chi connectivity index (χ2v) is 7.24. The third-order valence-corrected chi connectivity index (χ3v) is 5.77. The summed E-state index contributed by atoms with van der Waals surface area (Å²) in [6.45, 7) is 3.91. The van der Waals surface area contributed by atoms with Gasteiger partial charge in [0.1, 0.15) is 12.4 Å². The summed E-state index contributed by atoms with van der Waals surface area (Å²) < 4.78 is 20.8. The topological polar surface area (TPSA) is 81.4 Å². The van der Waals surface area contributed by atoms with Gasteiger partial charge in [-0.15, -0.1) is 0 Å². The van der Waals surface area contributed by atoms with Crippen LogP contribution in [0.4, 0.5) is 4.39 Å². The Morgan fingerprint density at radius 1 is 1.32 bits per heavy atom. The average Bonchev–Trinajstić information content (AvgIpc) is 3.03. The molecule has 1 N–H and O–H groups in total. The highest BCUT2D eigenvalue weighted by Crippen LogP contribution is 2.36. The number of nitrogens with zero attached hydrogens (tertiary/aromatic N) is 2. The summed E-state index contributed by atoms with van der Waals surface area (Å²) in [5.74, 6) is -1.08. The van der Waals surface area contributed by atoms with E-state index in [-0.39, 0.29) is 29.1 Å². The largest absolute Gasteiger partial charge is 0.458 e. The van der Waals surface area contributed by atoms with Crippen LogP contribution in [0.15, 0.2) is 23.0 Å². The lowest BCUT2D eigenvalue weighted by atomic mass is 9.97. The summed E-state index contributed by atoms with van der Waals surface area (Å²) in [6.07, 6.45) is -0.813. The summed E-state index contributed by atoms with van der Waals surface area (Å²) in [7, 11) is 0. The van der Waals surface area contributed by atoms with Gasteiger partial charge in [0, 0.05) is 22.6 Å². The Bertz CT molecular complexity index is 1260. The van der Waals surface area contributed by atoms with E-state index in [1.54, 1.807) is 17.6 Å².